The molecule has 1 heterocycles. The number of methoxy groups -OCH3 is 3. The summed E-state index contributed by atoms with van der Waals surface area (Å²) in [5, 5.41) is 10.8. The van der Waals surface area contributed by atoms with E-state index in [9.17, 15) is 5.11 Å². The van der Waals surface area contributed by atoms with E-state index < -0.39 is 0 Å². The lowest BCUT2D eigenvalue weighted by Crippen LogP contribution is -2.41. The summed E-state index contributed by atoms with van der Waals surface area (Å²) in [7, 11) is 5.20. The quantitative estimate of drug-likeness (QED) is 0.513. The van der Waals surface area contributed by atoms with E-state index in [2.05, 4.69) is 39.8 Å². The molecule has 0 aromatic rings. The lowest BCUT2D eigenvalue weighted by molar-refractivity contribution is -0.205. The van der Waals surface area contributed by atoms with Gasteiger partial charge in [-0.15, -0.1) is 0 Å². The van der Waals surface area contributed by atoms with Crippen molar-refractivity contribution in [3.05, 3.63) is 23.8 Å². The van der Waals surface area contributed by atoms with E-state index in [0.29, 0.717) is 17.8 Å². The molecule has 2 rings (SSSR count). The zero-order chi connectivity index (χ0) is 21.6. The van der Waals surface area contributed by atoms with Gasteiger partial charge in [0, 0.05) is 33.7 Å². The molecule has 5 nitrogen and oxygen atoms in total. The maximum absolute atomic E-state index is 10.8. The highest BCUT2D eigenvalue weighted by atomic mass is 16.7. The molecule has 2 fully saturated rings. The number of rotatable bonds is 11. The van der Waals surface area contributed by atoms with Gasteiger partial charge in [0.15, 0.2) is 6.29 Å². The summed E-state index contributed by atoms with van der Waals surface area (Å²) in [6, 6.07) is 0. The Labute approximate surface area is 177 Å². The molecule has 0 radical (unpaired) electrons. The van der Waals surface area contributed by atoms with Gasteiger partial charge in [0.1, 0.15) is 6.10 Å². The molecule has 0 amide bonds. The second-order valence-electron chi connectivity index (χ2n) is 8.82. The zero-order valence-corrected chi connectivity index (χ0v) is 19.3. The van der Waals surface area contributed by atoms with E-state index >= 15 is 0 Å². The Morgan fingerprint density at radius 3 is 2.45 bits per heavy atom. The number of allylic oxidation sites excluding steroid dienone is 2. The fourth-order valence-electron chi connectivity index (χ4n) is 4.83. The predicted octanol–water partition coefficient (Wildman–Crippen LogP) is 4.35. The Morgan fingerprint density at radius 1 is 1.14 bits per heavy atom. The summed E-state index contributed by atoms with van der Waals surface area (Å²) < 4.78 is 22.6. The fourth-order valence-corrected chi connectivity index (χ4v) is 4.83. The predicted molar refractivity (Wildman–Crippen MR) is 116 cm³/mol. The minimum atomic E-state index is -0.308. The highest BCUT2D eigenvalue weighted by molar-refractivity contribution is 5.17. The SMILES string of the molecule is CC[C@H](OC)[C@@H](C)[C@H]1CC1[C@H](O)[C@@H](C)/C=C/C=C(\C)[C@@H]1O[C@@H](OC)CC[C@H]1OC. The molecule has 1 aliphatic carbocycles. The van der Waals surface area contributed by atoms with E-state index in [0.717, 1.165) is 31.3 Å². The largest absolute Gasteiger partial charge is 0.392 e. The van der Waals surface area contributed by atoms with Crippen LogP contribution in [0.5, 0.6) is 0 Å². The van der Waals surface area contributed by atoms with Crippen LogP contribution >= 0.6 is 0 Å². The van der Waals surface area contributed by atoms with Crippen molar-refractivity contribution in [1.82, 2.24) is 0 Å². The van der Waals surface area contributed by atoms with E-state index in [-0.39, 0.29) is 36.6 Å². The Hall–Kier alpha value is -0.720. The third-order valence-corrected chi connectivity index (χ3v) is 6.95. The number of ether oxygens (including phenoxy) is 4. The second kappa shape index (κ2) is 11.6. The lowest BCUT2D eigenvalue weighted by Gasteiger charge is -2.35. The van der Waals surface area contributed by atoms with Crippen molar-refractivity contribution in [2.45, 2.75) is 84.1 Å². The first-order valence-corrected chi connectivity index (χ1v) is 11.1. The van der Waals surface area contributed by atoms with Gasteiger partial charge in [0.25, 0.3) is 0 Å². The van der Waals surface area contributed by atoms with Crippen LogP contribution in [0, 0.1) is 23.7 Å². The van der Waals surface area contributed by atoms with Gasteiger partial charge in [0.2, 0.25) is 0 Å². The van der Waals surface area contributed by atoms with Crippen molar-refractivity contribution in [3.63, 3.8) is 0 Å². The summed E-state index contributed by atoms with van der Waals surface area (Å²) in [5.74, 6) is 1.54. The van der Waals surface area contributed by atoms with Crippen LogP contribution in [-0.2, 0) is 18.9 Å². The van der Waals surface area contributed by atoms with Crippen molar-refractivity contribution < 1.29 is 24.1 Å². The number of aliphatic hydroxyl groups excluding tert-OH is 1. The molecule has 29 heavy (non-hydrogen) atoms. The van der Waals surface area contributed by atoms with Gasteiger partial charge < -0.3 is 24.1 Å². The third kappa shape index (κ3) is 6.38. The Morgan fingerprint density at radius 2 is 1.86 bits per heavy atom. The van der Waals surface area contributed by atoms with E-state index in [4.69, 9.17) is 18.9 Å². The molecular formula is C24H42O5. The van der Waals surface area contributed by atoms with Crippen LogP contribution in [-0.4, -0.2) is 57.1 Å². The minimum absolute atomic E-state index is 0.0510. The summed E-state index contributed by atoms with van der Waals surface area (Å²) in [6.45, 7) is 8.57. The molecule has 2 aliphatic rings. The first kappa shape index (κ1) is 24.5. The normalized spacial score (nSPS) is 34.8. The Balaban J connectivity index is 1.90. The van der Waals surface area contributed by atoms with Crippen LogP contribution < -0.4 is 0 Å². The van der Waals surface area contributed by atoms with Crippen molar-refractivity contribution in [2.75, 3.05) is 21.3 Å². The molecule has 0 bridgehead atoms. The molecule has 1 saturated carbocycles. The smallest absolute Gasteiger partial charge is 0.158 e. The van der Waals surface area contributed by atoms with Crippen molar-refractivity contribution in [1.29, 1.82) is 0 Å². The van der Waals surface area contributed by atoms with Crippen molar-refractivity contribution >= 4 is 0 Å². The van der Waals surface area contributed by atoms with Crippen LogP contribution in [0.25, 0.3) is 0 Å². The molecule has 1 unspecified atom stereocenters. The Bertz CT molecular complexity index is 541. The van der Waals surface area contributed by atoms with E-state index in [1.807, 2.05) is 6.08 Å². The van der Waals surface area contributed by atoms with Gasteiger partial charge in [-0.25, -0.2) is 0 Å². The first-order valence-electron chi connectivity index (χ1n) is 11.1. The van der Waals surface area contributed by atoms with E-state index in [1.54, 1.807) is 21.3 Å². The highest BCUT2D eigenvalue weighted by Crippen LogP contribution is 2.49. The number of aliphatic hydroxyl groups is 1. The average Bonchev–Trinajstić information content (AvgIpc) is 3.54. The second-order valence-corrected chi connectivity index (χ2v) is 8.82. The van der Waals surface area contributed by atoms with Gasteiger partial charge in [-0.05, 0) is 49.5 Å². The molecule has 0 aromatic heterocycles. The molecule has 1 saturated heterocycles. The number of hydrogen-bond donors (Lipinski definition) is 1. The van der Waals surface area contributed by atoms with Crippen LogP contribution in [0.1, 0.15) is 53.4 Å². The first-order chi connectivity index (χ1) is 13.9. The molecular weight excluding hydrogens is 368 g/mol. The maximum Gasteiger partial charge on any atom is 0.158 e. The Kier molecular flexibility index (Phi) is 9.83. The molecule has 1 aliphatic heterocycles. The van der Waals surface area contributed by atoms with Crippen LogP contribution in [0.4, 0.5) is 0 Å². The van der Waals surface area contributed by atoms with Gasteiger partial charge in [-0.1, -0.05) is 39.0 Å². The molecule has 1 N–H and O–H groups in total. The summed E-state index contributed by atoms with van der Waals surface area (Å²) in [6.07, 6.45) is 9.85. The third-order valence-electron chi connectivity index (χ3n) is 6.95. The molecule has 0 spiro atoms. The average molecular weight is 411 g/mol. The monoisotopic (exact) mass is 410 g/mol. The van der Waals surface area contributed by atoms with E-state index in [1.165, 1.54) is 0 Å². The highest BCUT2D eigenvalue weighted by Gasteiger charge is 2.48. The summed E-state index contributed by atoms with van der Waals surface area (Å²) >= 11 is 0. The van der Waals surface area contributed by atoms with Crippen molar-refractivity contribution in [3.8, 4) is 0 Å². The zero-order valence-electron chi connectivity index (χ0n) is 19.3. The standard InChI is InChI=1S/C24H42O5/c1-8-20(26-5)17(4)18-14-19(18)23(25)15(2)10-9-11-16(3)24-21(27-6)12-13-22(28-7)29-24/h9-11,15,17-25H,8,12-14H2,1-7H3/b10-9+,16-11+/t15-,17-,18+,19?,20-,21+,22+,23+,24-/m0/s1. The van der Waals surface area contributed by atoms with Gasteiger partial charge >= 0.3 is 0 Å². The van der Waals surface area contributed by atoms with Crippen LogP contribution in [0.2, 0.25) is 0 Å². The molecule has 5 heteroatoms. The maximum atomic E-state index is 10.8. The molecule has 0 aromatic carbocycles. The summed E-state index contributed by atoms with van der Waals surface area (Å²) in [5.41, 5.74) is 1.11. The lowest BCUT2D eigenvalue weighted by atomic mass is 9.91. The fraction of sp³-hybridized carbons (Fsp3) is 0.833. The van der Waals surface area contributed by atoms with Crippen LogP contribution in [0.15, 0.2) is 23.8 Å². The topological polar surface area (TPSA) is 57.2 Å². The van der Waals surface area contributed by atoms with Crippen molar-refractivity contribution in [2.24, 2.45) is 23.7 Å². The molecule has 168 valence electrons. The number of hydrogen-bond acceptors (Lipinski definition) is 5. The van der Waals surface area contributed by atoms with Gasteiger partial charge in [-0.2, -0.15) is 0 Å². The summed E-state index contributed by atoms with van der Waals surface area (Å²) in [4.78, 5) is 0. The molecule has 9 atom stereocenters. The minimum Gasteiger partial charge on any atom is -0.392 e. The van der Waals surface area contributed by atoms with Gasteiger partial charge in [-0.3, -0.25) is 0 Å². The van der Waals surface area contributed by atoms with Crippen LogP contribution in [0.3, 0.4) is 0 Å². The van der Waals surface area contributed by atoms with Gasteiger partial charge in [0.05, 0.1) is 18.3 Å².